The van der Waals surface area contributed by atoms with Gasteiger partial charge >= 0.3 is 0 Å². The highest BCUT2D eigenvalue weighted by Crippen LogP contribution is 2.66. The van der Waals surface area contributed by atoms with Crippen LogP contribution in [0, 0.1) is 30.6 Å². The normalized spacial score (nSPS) is 41.4. The number of anilines is 1. The molecule has 1 aromatic rings. The summed E-state index contributed by atoms with van der Waals surface area (Å²) in [5, 5.41) is 3.91. The van der Waals surface area contributed by atoms with Crippen LogP contribution in [-0.4, -0.2) is 16.0 Å². The summed E-state index contributed by atoms with van der Waals surface area (Å²) in [6.07, 6.45) is 4.39. The lowest BCUT2D eigenvalue weighted by atomic mass is 10.0. The standard InChI is InChI=1S/C13H16ClN3/c1-6-4-9(17-13(14)15-6)16-12-10-7-2-3-8(5-7)11(10)12/h4,7-8,10-12H,2-3,5H2,1H3,(H,15,16,17). The molecule has 3 fully saturated rings. The summed E-state index contributed by atoms with van der Waals surface area (Å²) < 4.78 is 0. The number of aromatic nitrogens is 2. The van der Waals surface area contributed by atoms with Gasteiger partial charge in [0, 0.05) is 17.8 Å². The Labute approximate surface area is 106 Å². The van der Waals surface area contributed by atoms with Crippen molar-refractivity contribution in [3.05, 3.63) is 17.0 Å². The minimum atomic E-state index is 0.348. The number of nitrogens with one attached hydrogen (secondary N) is 1. The molecule has 1 N–H and O–H groups in total. The molecule has 4 heteroatoms. The number of fused-ring (bicyclic) bond motifs is 5. The van der Waals surface area contributed by atoms with Crippen LogP contribution in [0.4, 0.5) is 5.82 Å². The molecule has 0 spiro atoms. The van der Waals surface area contributed by atoms with E-state index in [-0.39, 0.29) is 0 Å². The third-order valence-electron chi connectivity index (χ3n) is 4.88. The average Bonchev–Trinajstić information content (AvgIpc) is 2.69. The van der Waals surface area contributed by atoms with Crippen LogP contribution >= 0.6 is 11.6 Å². The van der Waals surface area contributed by atoms with Gasteiger partial charge in [0.25, 0.3) is 0 Å². The van der Waals surface area contributed by atoms with Gasteiger partial charge in [0.2, 0.25) is 5.28 Å². The van der Waals surface area contributed by atoms with Crippen LogP contribution in [0.3, 0.4) is 0 Å². The van der Waals surface area contributed by atoms with Gasteiger partial charge in [0.15, 0.2) is 0 Å². The zero-order chi connectivity index (χ0) is 11.6. The molecule has 3 nitrogen and oxygen atoms in total. The fourth-order valence-electron chi connectivity index (χ4n) is 4.30. The average molecular weight is 250 g/mol. The van der Waals surface area contributed by atoms with Crippen molar-refractivity contribution < 1.29 is 0 Å². The summed E-state index contributed by atoms with van der Waals surface area (Å²) in [4.78, 5) is 8.35. The Hall–Kier alpha value is -0.830. The van der Waals surface area contributed by atoms with Crippen LogP contribution in [0.25, 0.3) is 0 Å². The van der Waals surface area contributed by atoms with Crippen molar-refractivity contribution >= 4 is 17.4 Å². The summed E-state index contributed by atoms with van der Waals surface area (Å²) in [6.45, 7) is 1.95. The molecule has 2 bridgehead atoms. The first-order valence-corrected chi connectivity index (χ1v) is 6.88. The molecular weight excluding hydrogens is 234 g/mol. The monoisotopic (exact) mass is 249 g/mol. The van der Waals surface area contributed by atoms with E-state index in [2.05, 4.69) is 15.3 Å². The molecule has 3 saturated carbocycles. The lowest BCUT2D eigenvalue weighted by Gasteiger charge is -2.11. The Morgan fingerprint density at radius 2 is 1.94 bits per heavy atom. The van der Waals surface area contributed by atoms with Gasteiger partial charge in [-0.2, -0.15) is 0 Å². The van der Waals surface area contributed by atoms with Gasteiger partial charge in [0.05, 0.1) is 0 Å². The molecule has 0 aromatic carbocycles. The summed E-state index contributed by atoms with van der Waals surface area (Å²) in [5.41, 5.74) is 0.932. The zero-order valence-corrected chi connectivity index (χ0v) is 10.6. The second-order valence-electron chi connectivity index (χ2n) is 5.82. The summed E-state index contributed by atoms with van der Waals surface area (Å²) in [7, 11) is 0. The van der Waals surface area contributed by atoms with Crippen LogP contribution in [0.5, 0.6) is 0 Å². The molecule has 0 amide bonds. The second kappa shape index (κ2) is 3.35. The molecule has 1 aromatic heterocycles. The first kappa shape index (κ1) is 10.1. The minimum absolute atomic E-state index is 0.348. The maximum Gasteiger partial charge on any atom is 0.224 e. The van der Waals surface area contributed by atoms with Gasteiger partial charge in [-0.3, -0.25) is 0 Å². The molecule has 1 heterocycles. The largest absolute Gasteiger partial charge is 0.367 e. The third-order valence-corrected chi connectivity index (χ3v) is 5.05. The molecule has 0 radical (unpaired) electrons. The molecule has 4 atom stereocenters. The van der Waals surface area contributed by atoms with E-state index in [0.717, 1.165) is 35.2 Å². The highest BCUT2D eigenvalue weighted by molar-refractivity contribution is 6.28. The highest BCUT2D eigenvalue weighted by atomic mass is 35.5. The number of rotatable bonds is 2. The Bertz CT molecular complexity index is 439. The first-order valence-electron chi connectivity index (χ1n) is 6.50. The van der Waals surface area contributed by atoms with Gasteiger partial charge in [-0.05, 0) is 61.5 Å². The van der Waals surface area contributed by atoms with E-state index in [1.165, 1.54) is 19.3 Å². The van der Waals surface area contributed by atoms with E-state index in [0.29, 0.717) is 11.3 Å². The number of nitrogens with zero attached hydrogens (tertiary/aromatic N) is 2. The number of halogens is 1. The highest BCUT2D eigenvalue weighted by Gasteiger charge is 2.65. The molecule has 3 aliphatic carbocycles. The zero-order valence-electron chi connectivity index (χ0n) is 9.86. The summed E-state index contributed by atoms with van der Waals surface area (Å²) >= 11 is 5.88. The molecular formula is C13H16ClN3. The molecule has 0 aliphatic heterocycles. The Balaban J connectivity index is 1.52. The fourth-order valence-corrected chi connectivity index (χ4v) is 4.52. The third kappa shape index (κ3) is 1.48. The van der Waals surface area contributed by atoms with Crippen molar-refractivity contribution in [2.75, 3.05) is 5.32 Å². The SMILES string of the molecule is Cc1cc(NC2C3C4CCC(C4)C23)nc(Cl)n1. The molecule has 17 heavy (non-hydrogen) atoms. The van der Waals surface area contributed by atoms with Crippen LogP contribution in [0.2, 0.25) is 5.28 Å². The van der Waals surface area contributed by atoms with Crippen molar-refractivity contribution in [2.24, 2.45) is 23.7 Å². The Morgan fingerprint density at radius 3 is 2.59 bits per heavy atom. The second-order valence-corrected chi connectivity index (χ2v) is 6.16. The summed E-state index contributed by atoms with van der Waals surface area (Å²) in [5.74, 6) is 4.72. The first-order chi connectivity index (χ1) is 8.22. The fraction of sp³-hybridized carbons (Fsp3) is 0.692. The summed E-state index contributed by atoms with van der Waals surface area (Å²) in [6, 6.07) is 2.65. The smallest absolute Gasteiger partial charge is 0.224 e. The lowest BCUT2D eigenvalue weighted by molar-refractivity contribution is 0.456. The predicted octanol–water partition coefficient (Wildman–Crippen LogP) is 2.89. The number of hydrogen-bond donors (Lipinski definition) is 1. The molecule has 90 valence electrons. The van der Waals surface area contributed by atoms with Gasteiger partial charge in [-0.1, -0.05) is 0 Å². The van der Waals surface area contributed by atoms with E-state index < -0.39 is 0 Å². The van der Waals surface area contributed by atoms with Gasteiger partial charge in [0.1, 0.15) is 5.82 Å². The molecule has 4 rings (SSSR count). The van der Waals surface area contributed by atoms with Crippen molar-refractivity contribution in [3.8, 4) is 0 Å². The van der Waals surface area contributed by atoms with E-state index in [9.17, 15) is 0 Å². The van der Waals surface area contributed by atoms with Crippen LogP contribution < -0.4 is 5.32 Å². The van der Waals surface area contributed by atoms with Gasteiger partial charge < -0.3 is 5.32 Å². The van der Waals surface area contributed by atoms with E-state index in [1.54, 1.807) is 0 Å². The van der Waals surface area contributed by atoms with Crippen molar-refractivity contribution in [2.45, 2.75) is 32.2 Å². The maximum atomic E-state index is 5.88. The van der Waals surface area contributed by atoms with Gasteiger partial charge in [-0.25, -0.2) is 9.97 Å². The Kier molecular flexibility index (Phi) is 1.99. The predicted molar refractivity (Wildman–Crippen MR) is 67.0 cm³/mol. The van der Waals surface area contributed by atoms with Crippen molar-refractivity contribution in [1.29, 1.82) is 0 Å². The van der Waals surface area contributed by atoms with E-state index in [4.69, 9.17) is 11.6 Å². The van der Waals surface area contributed by atoms with Crippen molar-refractivity contribution in [1.82, 2.24) is 9.97 Å². The Morgan fingerprint density at radius 1 is 1.24 bits per heavy atom. The topological polar surface area (TPSA) is 37.8 Å². The van der Waals surface area contributed by atoms with Gasteiger partial charge in [-0.15, -0.1) is 0 Å². The van der Waals surface area contributed by atoms with Crippen molar-refractivity contribution in [3.63, 3.8) is 0 Å². The van der Waals surface area contributed by atoms with E-state index >= 15 is 0 Å². The number of aryl methyl sites for hydroxylation is 1. The molecule has 0 saturated heterocycles. The van der Waals surface area contributed by atoms with Crippen LogP contribution in [0.1, 0.15) is 25.0 Å². The molecule has 3 aliphatic rings. The minimum Gasteiger partial charge on any atom is -0.367 e. The van der Waals surface area contributed by atoms with Crippen LogP contribution in [-0.2, 0) is 0 Å². The molecule has 4 unspecified atom stereocenters. The quantitative estimate of drug-likeness (QED) is 0.819. The van der Waals surface area contributed by atoms with Crippen LogP contribution in [0.15, 0.2) is 6.07 Å². The maximum absolute atomic E-state index is 5.88. The number of hydrogen-bond acceptors (Lipinski definition) is 3. The lowest BCUT2D eigenvalue weighted by Crippen LogP contribution is -2.14. The van der Waals surface area contributed by atoms with E-state index in [1.807, 2.05) is 13.0 Å².